The molecule has 0 saturated heterocycles. The normalized spacial score (nSPS) is 13.3. The number of aromatic nitrogens is 6. The van der Waals surface area contributed by atoms with E-state index in [9.17, 15) is 40.0 Å². The fourth-order valence-electron chi connectivity index (χ4n) is 6.04. The predicted octanol–water partition coefficient (Wildman–Crippen LogP) is 5.64. The maximum Gasteiger partial charge on any atom is 0.534 e. The number of alkyl halides is 3. The van der Waals surface area contributed by atoms with Crippen LogP contribution in [0.3, 0.4) is 0 Å². The van der Waals surface area contributed by atoms with Gasteiger partial charge in [0, 0.05) is 82.2 Å². The van der Waals surface area contributed by atoms with E-state index >= 15 is 0 Å². The van der Waals surface area contributed by atoms with Gasteiger partial charge in [-0.05, 0) is 54.6 Å². The molecule has 2 aliphatic rings. The zero-order chi connectivity index (χ0) is 45.5. The summed E-state index contributed by atoms with van der Waals surface area (Å²) in [6.07, 6.45) is 3.48. The standard InChI is InChI=1S/C18H15ClFN5O.C14H12ClF3N4O4S.C5H5BFNO2/c19-11-3-1-4-12(9-11)22-18(26)25-8-6-15-14(10-25)16(24-23-15)13-5-2-7-21-17(13)20;15-8-2-1-3-9(6-8)19-13(23)22-5-4-11-10(7-22)12(21-20-11)26-27(24,25)14(16,17)18;7-5-4(6(9)10)2-1-3-8-5/h1-5,7,9H,6,8,10H2,(H,22,26)(H,23,24);1-3,6H,4-5,7H2,(H,19,23)(H,20,21);1-3,9-10H. The van der Waals surface area contributed by atoms with Crippen LogP contribution >= 0.6 is 23.2 Å². The van der Waals surface area contributed by atoms with Crippen molar-refractivity contribution >= 4 is 69.3 Å². The van der Waals surface area contributed by atoms with Crippen LogP contribution in [0, 0.1) is 11.9 Å². The summed E-state index contributed by atoms with van der Waals surface area (Å²) in [5.74, 6) is -2.16. The molecule has 0 aliphatic carbocycles. The molecule has 0 radical (unpaired) electrons. The first-order valence-corrected chi connectivity index (χ1v) is 20.4. The number of anilines is 2. The highest BCUT2D eigenvalue weighted by Crippen LogP contribution is 2.32. The molecule has 6 heterocycles. The summed E-state index contributed by atoms with van der Waals surface area (Å²) < 4.78 is 90.4. The minimum absolute atomic E-state index is 0.0651. The summed E-state index contributed by atoms with van der Waals surface area (Å²) in [5.41, 5.74) is -1.74. The lowest BCUT2D eigenvalue weighted by atomic mass is 9.81. The van der Waals surface area contributed by atoms with Gasteiger partial charge < -0.3 is 34.7 Å². The van der Waals surface area contributed by atoms with E-state index in [2.05, 4.69) is 45.2 Å². The second kappa shape index (κ2) is 19.8. The van der Waals surface area contributed by atoms with Crippen molar-refractivity contribution in [3.63, 3.8) is 0 Å². The molecule has 63 heavy (non-hydrogen) atoms. The summed E-state index contributed by atoms with van der Waals surface area (Å²) in [5, 5.41) is 36.5. The van der Waals surface area contributed by atoms with Crippen LogP contribution in [0.2, 0.25) is 10.0 Å². The van der Waals surface area contributed by atoms with Gasteiger partial charge in [0.1, 0.15) is 5.69 Å². The summed E-state index contributed by atoms with van der Waals surface area (Å²) in [6, 6.07) is 18.6. The summed E-state index contributed by atoms with van der Waals surface area (Å²) in [7, 11) is -7.65. The number of nitrogens with one attached hydrogen (secondary N) is 4. The van der Waals surface area contributed by atoms with Gasteiger partial charge >= 0.3 is 34.8 Å². The summed E-state index contributed by atoms with van der Waals surface area (Å²) in [6.45, 7) is 0.937. The molecule has 2 aromatic carbocycles. The topological polar surface area (TPSA) is 232 Å². The van der Waals surface area contributed by atoms with Gasteiger partial charge in [-0.15, -0.1) is 5.10 Å². The molecule has 0 saturated carbocycles. The van der Waals surface area contributed by atoms with Gasteiger partial charge in [-0.1, -0.05) is 41.4 Å². The van der Waals surface area contributed by atoms with Crippen molar-refractivity contribution in [2.45, 2.75) is 31.4 Å². The van der Waals surface area contributed by atoms with Gasteiger partial charge in [0.05, 0.1) is 24.2 Å². The largest absolute Gasteiger partial charge is 0.534 e. The second-order valence-electron chi connectivity index (χ2n) is 13.3. The molecule has 6 N–H and O–H groups in total. The predicted molar refractivity (Wildman–Crippen MR) is 219 cm³/mol. The Morgan fingerprint density at radius 2 is 1.29 bits per heavy atom. The minimum Gasteiger partial charge on any atom is -0.423 e. The van der Waals surface area contributed by atoms with E-state index in [4.69, 9.17) is 33.2 Å². The first-order chi connectivity index (χ1) is 29.9. The van der Waals surface area contributed by atoms with Gasteiger partial charge in [-0.2, -0.15) is 35.5 Å². The Kier molecular flexibility index (Phi) is 14.5. The Hall–Kier alpha value is -6.34. The number of carbonyl (C=O) groups is 2. The number of pyridine rings is 2. The van der Waals surface area contributed by atoms with Crippen LogP contribution in [0.15, 0.2) is 85.2 Å². The van der Waals surface area contributed by atoms with Crippen LogP contribution in [0.25, 0.3) is 11.3 Å². The monoisotopic (exact) mass is 936 g/mol. The third-order valence-electron chi connectivity index (χ3n) is 9.11. The molecule has 0 fully saturated rings. The number of amides is 4. The average molecular weight is 938 g/mol. The van der Waals surface area contributed by atoms with Crippen LogP contribution < -0.4 is 20.3 Å². The van der Waals surface area contributed by atoms with Crippen molar-refractivity contribution in [2.24, 2.45) is 0 Å². The lowest BCUT2D eigenvalue weighted by Gasteiger charge is -2.27. The number of benzene rings is 2. The number of halogens is 7. The van der Waals surface area contributed by atoms with E-state index in [1.807, 2.05) is 0 Å². The third kappa shape index (κ3) is 11.6. The molecule has 0 unspecified atom stereocenters. The zero-order valence-electron chi connectivity index (χ0n) is 32.1. The molecule has 17 nitrogen and oxygen atoms in total. The summed E-state index contributed by atoms with van der Waals surface area (Å²) in [4.78, 5) is 34.8. The molecule has 0 bridgehead atoms. The number of urea groups is 2. The van der Waals surface area contributed by atoms with E-state index < -0.39 is 46.6 Å². The Morgan fingerprint density at radius 3 is 1.79 bits per heavy atom. The Morgan fingerprint density at radius 1 is 0.762 bits per heavy atom. The molecule has 4 amide bonds. The van der Waals surface area contributed by atoms with Gasteiger partial charge in [-0.25, -0.2) is 19.6 Å². The van der Waals surface area contributed by atoms with Gasteiger partial charge in [-0.3, -0.25) is 10.2 Å². The van der Waals surface area contributed by atoms with Gasteiger partial charge in [0.2, 0.25) is 11.9 Å². The quantitative estimate of drug-likeness (QED) is 0.0394. The van der Waals surface area contributed by atoms with E-state index in [0.29, 0.717) is 57.9 Å². The number of fused-ring (bicyclic) bond motifs is 2. The molecule has 2 aliphatic heterocycles. The third-order valence-corrected chi connectivity index (χ3v) is 10.5. The van der Waals surface area contributed by atoms with Gasteiger partial charge in [0.25, 0.3) is 5.88 Å². The van der Waals surface area contributed by atoms with Crippen LogP contribution in [-0.2, 0) is 36.0 Å². The Balaban J connectivity index is 0.000000173. The van der Waals surface area contributed by atoms with E-state index in [0.717, 1.165) is 11.3 Å². The molecule has 4 aromatic heterocycles. The lowest BCUT2D eigenvalue weighted by Crippen LogP contribution is -2.39. The molecule has 8 rings (SSSR count). The van der Waals surface area contributed by atoms with Crippen molar-refractivity contribution in [1.29, 1.82) is 0 Å². The zero-order valence-corrected chi connectivity index (χ0v) is 34.4. The molecule has 330 valence electrons. The van der Waals surface area contributed by atoms with E-state index in [-0.39, 0.29) is 36.6 Å². The molecule has 6 aromatic rings. The fourth-order valence-corrected chi connectivity index (χ4v) is 6.87. The molecule has 26 heteroatoms. The number of hydrogen-bond acceptors (Lipinski definition) is 11. The number of aromatic amines is 2. The van der Waals surface area contributed by atoms with Crippen molar-refractivity contribution in [3.05, 3.63) is 130 Å². The molecular formula is C37H32BCl2F5N10O7S. The number of H-pyrrole nitrogens is 2. The van der Waals surface area contributed by atoms with Crippen molar-refractivity contribution in [3.8, 4) is 17.1 Å². The highest BCUT2D eigenvalue weighted by Gasteiger charge is 2.49. The van der Waals surface area contributed by atoms with Crippen LogP contribution in [0.1, 0.15) is 22.5 Å². The highest BCUT2D eigenvalue weighted by molar-refractivity contribution is 7.88. The molecule has 0 atom stereocenters. The van der Waals surface area contributed by atoms with Crippen LogP contribution in [-0.4, -0.2) is 96.4 Å². The van der Waals surface area contributed by atoms with Crippen molar-refractivity contribution in [2.75, 3.05) is 23.7 Å². The van der Waals surface area contributed by atoms with Crippen molar-refractivity contribution < 1.29 is 54.2 Å². The molecule has 0 spiro atoms. The average Bonchev–Trinajstić information content (AvgIpc) is 3.84. The smallest absolute Gasteiger partial charge is 0.423 e. The van der Waals surface area contributed by atoms with E-state index in [1.54, 1.807) is 59.5 Å². The number of carbonyl (C=O) groups excluding carboxylic acids is 2. The first-order valence-electron chi connectivity index (χ1n) is 18.2. The second-order valence-corrected chi connectivity index (χ2v) is 15.7. The Bertz CT molecular complexity index is 2710. The molecular weight excluding hydrogens is 905 g/mol. The number of hydrogen-bond donors (Lipinski definition) is 6. The Labute approximate surface area is 364 Å². The van der Waals surface area contributed by atoms with E-state index in [1.165, 1.54) is 35.5 Å². The summed E-state index contributed by atoms with van der Waals surface area (Å²) >= 11 is 11.8. The van der Waals surface area contributed by atoms with Gasteiger partial charge in [0.15, 0.2) is 0 Å². The lowest BCUT2D eigenvalue weighted by molar-refractivity contribution is -0.0501. The maximum absolute atomic E-state index is 14.0. The highest BCUT2D eigenvalue weighted by atomic mass is 35.5. The first kappa shape index (κ1) is 46.2. The number of nitrogens with zero attached hydrogens (tertiary/aromatic N) is 6. The fraction of sp³-hybridized carbons (Fsp3) is 0.189. The van der Waals surface area contributed by atoms with Crippen LogP contribution in [0.5, 0.6) is 5.88 Å². The minimum atomic E-state index is -5.86. The maximum atomic E-state index is 14.0. The number of rotatable bonds is 6. The SMILES string of the molecule is O=C(Nc1cccc(Cl)c1)N1CCc2[nH]nc(-c3cccnc3F)c2C1.O=C(Nc1cccc(Cl)c1)N1CCc2[nH]nc(OS(=O)(=O)C(F)(F)F)c2C1.OB(O)c1cccnc1F. The van der Waals surface area contributed by atoms with Crippen LogP contribution in [0.4, 0.5) is 42.9 Å². The van der Waals surface area contributed by atoms with Crippen molar-refractivity contribution in [1.82, 2.24) is 40.2 Å².